The van der Waals surface area contributed by atoms with Crippen molar-refractivity contribution in [2.75, 3.05) is 19.7 Å². The number of hydrogen-bond acceptors (Lipinski definition) is 3. The number of rotatable bonds is 5. The lowest BCUT2D eigenvalue weighted by atomic mass is 10.2. The SMILES string of the molecule is CCNC(=O)c1ccc(OCCN)c(Cl)c1.Cl. The number of ether oxygens (including phenoxy) is 1. The summed E-state index contributed by atoms with van der Waals surface area (Å²) in [4.78, 5) is 11.5. The first-order chi connectivity index (χ1) is 7.69. The van der Waals surface area contributed by atoms with E-state index in [9.17, 15) is 4.79 Å². The van der Waals surface area contributed by atoms with Gasteiger partial charge in [0.25, 0.3) is 5.91 Å². The molecular weight excluding hydrogens is 263 g/mol. The van der Waals surface area contributed by atoms with Gasteiger partial charge in [-0.25, -0.2) is 0 Å². The van der Waals surface area contributed by atoms with Gasteiger partial charge in [-0.1, -0.05) is 11.6 Å². The van der Waals surface area contributed by atoms with Crippen molar-refractivity contribution in [3.05, 3.63) is 28.8 Å². The molecule has 17 heavy (non-hydrogen) atoms. The third-order valence-electron chi connectivity index (χ3n) is 1.91. The number of nitrogens with two attached hydrogens (primary N) is 1. The maximum atomic E-state index is 11.5. The average molecular weight is 279 g/mol. The Morgan fingerprint density at radius 2 is 2.24 bits per heavy atom. The third-order valence-corrected chi connectivity index (χ3v) is 2.20. The second kappa shape index (κ2) is 8.17. The summed E-state index contributed by atoms with van der Waals surface area (Å²) in [6, 6.07) is 4.92. The molecule has 0 aliphatic heterocycles. The molecule has 1 amide bonds. The summed E-state index contributed by atoms with van der Waals surface area (Å²) in [6.45, 7) is 3.27. The molecule has 3 N–H and O–H groups in total. The van der Waals surface area contributed by atoms with Gasteiger partial charge >= 0.3 is 0 Å². The molecule has 0 atom stereocenters. The number of amides is 1. The van der Waals surface area contributed by atoms with Gasteiger partial charge in [0.1, 0.15) is 12.4 Å². The first-order valence-corrected chi connectivity index (χ1v) is 5.47. The summed E-state index contributed by atoms with van der Waals surface area (Å²) >= 11 is 5.96. The molecule has 96 valence electrons. The molecule has 0 aromatic heterocycles. The molecule has 0 fully saturated rings. The van der Waals surface area contributed by atoms with Crippen LogP contribution in [0.25, 0.3) is 0 Å². The van der Waals surface area contributed by atoms with E-state index in [1.807, 2.05) is 6.92 Å². The number of carbonyl (C=O) groups is 1. The molecule has 1 rings (SSSR count). The molecule has 0 aliphatic rings. The quantitative estimate of drug-likeness (QED) is 0.864. The molecule has 0 radical (unpaired) electrons. The van der Waals surface area contributed by atoms with Crippen LogP contribution in [0.3, 0.4) is 0 Å². The minimum Gasteiger partial charge on any atom is -0.491 e. The fraction of sp³-hybridized carbons (Fsp3) is 0.364. The van der Waals surface area contributed by atoms with Gasteiger partial charge in [-0.3, -0.25) is 4.79 Å². The second-order valence-electron chi connectivity index (χ2n) is 3.14. The zero-order valence-corrected chi connectivity index (χ0v) is 11.1. The zero-order valence-electron chi connectivity index (χ0n) is 9.53. The van der Waals surface area contributed by atoms with Crippen LogP contribution in [0.4, 0.5) is 0 Å². The van der Waals surface area contributed by atoms with Gasteiger partial charge in [-0.15, -0.1) is 12.4 Å². The molecule has 0 spiro atoms. The highest BCUT2D eigenvalue weighted by molar-refractivity contribution is 6.32. The summed E-state index contributed by atoms with van der Waals surface area (Å²) < 4.78 is 5.29. The topological polar surface area (TPSA) is 64.3 Å². The molecule has 4 nitrogen and oxygen atoms in total. The molecule has 1 aromatic carbocycles. The second-order valence-corrected chi connectivity index (χ2v) is 3.55. The third kappa shape index (κ3) is 4.81. The predicted molar refractivity (Wildman–Crippen MR) is 71.3 cm³/mol. The van der Waals surface area contributed by atoms with Crippen molar-refractivity contribution >= 4 is 29.9 Å². The Bertz CT molecular complexity index is 372. The van der Waals surface area contributed by atoms with Crippen LogP contribution in [0, 0.1) is 0 Å². The maximum absolute atomic E-state index is 11.5. The molecular formula is C11H16Cl2N2O2. The number of hydrogen-bond donors (Lipinski definition) is 2. The van der Waals surface area contributed by atoms with E-state index in [-0.39, 0.29) is 18.3 Å². The largest absolute Gasteiger partial charge is 0.491 e. The fourth-order valence-corrected chi connectivity index (χ4v) is 1.43. The lowest BCUT2D eigenvalue weighted by Crippen LogP contribution is -2.22. The van der Waals surface area contributed by atoms with E-state index in [1.165, 1.54) is 0 Å². The van der Waals surface area contributed by atoms with Crippen LogP contribution in [0.5, 0.6) is 5.75 Å². The van der Waals surface area contributed by atoms with Crippen LogP contribution >= 0.6 is 24.0 Å². The number of halogens is 2. The lowest BCUT2D eigenvalue weighted by Gasteiger charge is -2.08. The van der Waals surface area contributed by atoms with E-state index < -0.39 is 0 Å². The Labute approximate surface area is 112 Å². The summed E-state index contributed by atoms with van der Waals surface area (Å²) in [5.74, 6) is 0.398. The van der Waals surface area contributed by atoms with Crippen molar-refractivity contribution < 1.29 is 9.53 Å². The molecule has 0 saturated carbocycles. The molecule has 0 aliphatic carbocycles. The minimum absolute atomic E-state index is 0. The lowest BCUT2D eigenvalue weighted by molar-refractivity contribution is 0.0956. The standard InChI is InChI=1S/C11H15ClN2O2.ClH/c1-2-14-11(15)8-3-4-10(9(12)7-8)16-6-5-13;/h3-4,7H,2,5-6,13H2,1H3,(H,14,15);1H. The van der Waals surface area contributed by atoms with Gasteiger partial charge in [0.2, 0.25) is 0 Å². The zero-order chi connectivity index (χ0) is 12.0. The summed E-state index contributed by atoms with van der Waals surface area (Å²) in [5.41, 5.74) is 5.83. The van der Waals surface area contributed by atoms with Crippen molar-refractivity contribution in [1.29, 1.82) is 0 Å². The Morgan fingerprint density at radius 3 is 2.76 bits per heavy atom. The molecule has 0 unspecified atom stereocenters. The van der Waals surface area contributed by atoms with Gasteiger partial charge in [0, 0.05) is 18.7 Å². The minimum atomic E-state index is -0.144. The van der Waals surface area contributed by atoms with Crippen LogP contribution < -0.4 is 15.8 Å². The monoisotopic (exact) mass is 278 g/mol. The van der Waals surface area contributed by atoms with Crippen molar-refractivity contribution in [1.82, 2.24) is 5.32 Å². The Hall–Kier alpha value is -0.970. The predicted octanol–water partition coefficient (Wildman–Crippen LogP) is 1.85. The highest BCUT2D eigenvalue weighted by Crippen LogP contribution is 2.25. The van der Waals surface area contributed by atoms with Crippen molar-refractivity contribution in [3.8, 4) is 5.75 Å². The van der Waals surface area contributed by atoms with E-state index in [0.717, 1.165) is 0 Å². The van der Waals surface area contributed by atoms with Gasteiger partial charge in [-0.05, 0) is 25.1 Å². The Balaban J connectivity index is 0.00000256. The van der Waals surface area contributed by atoms with Crippen LogP contribution in [-0.2, 0) is 0 Å². The summed E-state index contributed by atoms with van der Waals surface area (Å²) in [7, 11) is 0. The first kappa shape index (κ1) is 16.0. The average Bonchev–Trinajstić information content (AvgIpc) is 2.27. The highest BCUT2D eigenvalue weighted by Gasteiger charge is 2.08. The molecule has 0 bridgehead atoms. The van der Waals surface area contributed by atoms with Crippen molar-refractivity contribution in [2.24, 2.45) is 5.73 Å². The van der Waals surface area contributed by atoms with E-state index >= 15 is 0 Å². The maximum Gasteiger partial charge on any atom is 0.251 e. The summed E-state index contributed by atoms with van der Waals surface area (Å²) in [5, 5.41) is 3.11. The van der Waals surface area contributed by atoms with Crippen LogP contribution in [-0.4, -0.2) is 25.6 Å². The number of nitrogens with one attached hydrogen (secondary N) is 1. The molecule has 0 saturated heterocycles. The van der Waals surface area contributed by atoms with Crippen molar-refractivity contribution in [3.63, 3.8) is 0 Å². The summed E-state index contributed by atoms with van der Waals surface area (Å²) in [6.07, 6.45) is 0. The highest BCUT2D eigenvalue weighted by atomic mass is 35.5. The Morgan fingerprint density at radius 1 is 1.53 bits per heavy atom. The Kier molecular flexibility index (Phi) is 7.70. The van der Waals surface area contributed by atoms with Gasteiger partial charge < -0.3 is 15.8 Å². The van der Waals surface area contributed by atoms with Crippen molar-refractivity contribution in [2.45, 2.75) is 6.92 Å². The normalized spacial score (nSPS) is 9.35. The fourth-order valence-electron chi connectivity index (χ4n) is 1.19. The van der Waals surface area contributed by atoms with E-state index in [2.05, 4.69) is 5.32 Å². The number of benzene rings is 1. The van der Waals surface area contributed by atoms with Crippen LogP contribution in [0.15, 0.2) is 18.2 Å². The smallest absolute Gasteiger partial charge is 0.251 e. The van der Waals surface area contributed by atoms with Gasteiger partial charge in [0.05, 0.1) is 5.02 Å². The van der Waals surface area contributed by atoms with Gasteiger partial charge in [-0.2, -0.15) is 0 Å². The van der Waals surface area contributed by atoms with Gasteiger partial charge in [0.15, 0.2) is 0 Å². The molecule has 6 heteroatoms. The van der Waals surface area contributed by atoms with Crippen LogP contribution in [0.2, 0.25) is 5.02 Å². The molecule has 1 aromatic rings. The number of carbonyl (C=O) groups excluding carboxylic acids is 1. The molecule has 0 heterocycles. The van der Waals surface area contributed by atoms with Crippen LogP contribution in [0.1, 0.15) is 17.3 Å². The van der Waals surface area contributed by atoms with E-state index in [1.54, 1.807) is 18.2 Å². The van der Waals surface area contributed by atoms with E-state index in [0.29, 0.717) is 36.0 Å². The van der Waals surface area contributed by atoms with E-state index in [4.69, 9.17) is 22.1 Å². The first-order valence-electron chi connectivity index (χ1n) is 5.09.